The molecular formula is C42H85NO3. The summed E-state index contributed by atoms with van der Waals surface area (Å²) in [4.78, 5) is 12.4. The summed E-state index contributed by atoms with van der Waals surface area (Å²) in [6.07, 6.45) is 46.0. The first-order valence-corrected chi connectivity index (χ1v) is 21.2. The Hall–Kier alpha value is -0.610. The summed E-state index contributed by atoms with van der Waals surface area (Å²) in [5, 5.41) is 23.1. The highest BCUT2D eigenvalue weighted by atomic mass is 16.3. The van der Waals surface area contributed by atoms with E-state index >= 15 is 0 Å². The van der Waals surface area contributed by atoms with Gasteiger partial charge in [0.05, 0.1) is 18.8 Å². The van der Waals surface area contributed by atoms with Crippen molar-refractivity contribution in [3.05, 3.63) is 0 Å². The summed E-state index contributed by atoms with van der Waals surface area (Å²) in [6.45, 7) is 4.38. The number of carbonyl (C=O) groups excluding carboxylic acids is 1. The van der Waals surface area contributed by atoms with Crippen molar-refractivity contribution in [3.63, 3.8) is 0 Å². The van der Waals surface area contributed by atoms with Crippen molar-refractivity contribution in [1.82, 2.24) is 5.32 Å². The van der Waals surface area contributed by atoms with E-state index in [9.17, 15) is 15.0 Å². The summed E-state index contributed by atoms with van der Waals surface area (Å²) < 4.78 is 0. The van der Waals surface area contributed by atoms with Gasteiger partial charge in [0, 0.05) is 6.42 Å². The molecule has 2 unspecified atom stereocenters. The van der Waals surface area contributed by atoms with E-state index in [4.69, 9.17) is 0 Å². The summed E-state index contributed by atoms with van der Waals surface area (Å²) >= 11 is 0. The van der Waals surface area contributed by atoms with Crippen molar-refractivity contribution in [2.75, 3.05) is 6.61 Å². The molecule has 1 amide bonds. The quantitative estimate of drug-likeness (QED) is 0.0579. The van der Waals surface area contributed by atoms with Crippen molar-refractivity contribution >= 4 is 5.91 Å². The molecule has 0 spiro atoms. The lowest BCUT2D eigenvalue weighted by Gasteiger charge is -2.22. The molecule has 0 aromatic heterocycles. The smallest absolute Gasteiger partial charge is 0.220 e. The molecule has 0 saturated heterocycles. The third-order valence-electron chi connectivity index (χ3n) is 10.1. The molecule has 0 saturated carbocycles. The molecule has 0 aromatic rings. The average molecular weight is 652 g/mol. The van der Waals surface area contributed by atoms with E-state index in [1.54, 1.807) is 0 Å². The monoisotopic (exact) mass is 652 g/mol. The van der Waals surface area contributed by atoms with E-state index in [0.717, 1.165) is 25.7 Å². The van der Waals surface area contributed by atoms with E-state index in [0.29, 0.717) is 12.8 Å². The molecule has 3 N–H and O–H groups in total. The first-order valence-electron chi connectivity index (χ1n) is 21.2. The molecule has 46 heavy (non-hydrogen) atoms. The highest BCUT2D eigenvalue weighted by molar-refractivity contribution is 5.76. The maximum atomic E-state index is 12.4. The number of aliphatic hydroxyl groups excluding tert-OH is 2. The van der Waals surface area contributed by atoms with Crippen LogP contribution in [0.25, 0.3) is 0 Å². The molecule has 0 fully saturated rings. The number of unbranched alkanes of at least 4 members (excludes halogenated alkanes) is 32. The Morgan fingerprint density at radius 1 is 0.435 bits per heavy atom. The van der Waals surface area contributed by atoms with Crippen LogP contribution in [-0.4, -0.2) is 34.9 Å². The molecule has 4 heteroatoms. The molecule has 0 heterocycles. The van der Waals surface area contributed by atoms with Crippen LogP contribution in [0, 0.1) is 0 Å². The number of aliphatic hydroxyl groups is 2. The van der Waals surface area contributed by atoms with Gasteiger partial charge in [-0.3, -0.25) is 4.79 Å². The third kappa shape index (κ3) is 34.7. The SMILES string of the molecule is CCCCCCCCCCCCCCCCCCCCCC(=O)NC(CO)C(O)CCCCCCCCCCCCCCCCC. The largest absolute Gasteiger partial charge is 0.394 e. The van der Waals surface area contributed by atoms with E-state index in [1.807, 2.05) is 0 Å². The number of hydrogen-bond donors (Lipinski definition) is 3. The van der Waals surface area contributed by atoms with Crippen LogP contribution in [0.4, 0.5) is 0 Å². The van der Waals surface area contributed by atoms with Crippen molar-refractivity contribution in [2.24, 2.45) is 0 Å². The maximum absolute atomic E-state index is 12.4. The number of hydrogen-bond acceptors (Lipinski definition) is 3. The number of carbonyl (C=O) groups is 1. The second-order valence-corrected chi connectivity index (χ2v) is 14.8. The van der Waals surface area contributed by atoms with Crippen LogP contribution in [0.2, 0.25) is 0 Å². The van der Waals surface area contributed by atoms with Gasteiger partial charge in [0.15, 0.2) is 0 Å². The lowest BCUT2D eigenvalue weighted by Crippen LogP contribution is -2.45. The summed E-state index contributed by atoms with van der Waals surface area (Å²) in [6, 6.07) is -0.528. The van der Waals surface area contributed by atoms with Gasteiger partial charge in [-0.25, -0.2) is 0 Å². The molecule has 0 aliphatic rings. The van der Waals surface area contributed by atoms with Crippen LogP contribution in [0.5, 0.6) is 0 Å². The zero-order valence-corrected chi connectivity index (χ0v) is 31.6. The second kappa shape index (κ2) is 38.8. The fourth-order valence-electron chi connectivity index (χ4n) is 6.83. The number of nitrogens with one attached hydrogen (secondary N) is 1. The van der Waals surface area contributed by atoms with Gasteiger partial charge in [0.2, 0.25) is 5.91 Å². The number of amides is 1. The Kier molecular flexibility index (Phi) is 38.3. The zero-order chi connectivity index (χ0) is 33.6. The fourth-order valence-corrected chi connectivity index (χ4v) is 6.83. The topological polar surface area (TPSA) is 69.6 Å². The van der Waals surface area contributed by atoms with Gasteiger partial charge in [-0.1, -0.05) is 226 Å². The van der Waals surface area contributed by atoms with Crippen molar-refractivity contribution in [1.29, 1.82) is 0 Å². The third-order valence-corrected chi connectivity index (χ3v) is 10.1. The Bertz CT molecular complexity index is 583. The van der Waals surface area contributed by atoms with Crippen LogP contribution >= 0.6 is 0 Å². The lowest BCUT2D eigenvalue weighted by atomic mass is 10.0. The van der Waals surface area contributed by atoms with E-state index in [1.165, 1.54) is 193 Å². The van der Waals surface area contributed by atoms with Crippen molar-refractivity contribution in [3.8, 4) is 0 Å². The Balaban J connectivity index is 3.47. The van der Waals surface area contributed by atoms with Crippen LogP contribution < -0.4 is 5.32 Å². The van der Waals surface area contributed by atoms with Crippen molar-refractivity contribution < 1.29 is 15.0 Å². The van der Waals surface area contributed by atoms with Gasteiger partial charge in [-0.2, -0.15) is 0 Å². The van der Waals surface area contributed by atoms with Gasteiger partial charge in [-0.05, 0) is 12.8 Å². The Morgan fingerprint density at radius 2 is 0.696 bits per heavy atom. The first-order chi connectivity index (χ1) is 22.7. The molecule has 2 atom stereocenters. The average Bonchev–Trinajstić information content (AvgIpc) is 3.06. The zero-order valence-electron chi connectivity index (χ0n) is 31.6. The minimum atomic E-state index is -0.652. The van der Waals surface area contributed by atoms with E-state index in [-0.39, 0.29) is 12.5 Å². The van der Waals surface area contributed by atoms with E-state index in [2.05, 4.69) is 19.2 Å². The number of rotatable bonds is 39. The fraction of sp³-hybridized carbons (Fsp3) is 0.976. The normalized spacial score (nSPS) is 12.9. The van der Waals surface area contributed by atoms with Crippen molar-refractivity contribution in [2.45, 2.75) is 257 Å². The molecule has 0 aromatic carbocycles. The standard InChI is InChI=1S/C42H85NO3/c1-3-5-7-9-11-13-15-17-19-20-21-22-24-26-28-30-32-34-36-38-42(46)43-40(39-44)41(45)37-35-33-31-29-27-25-23-18-16-14-12-10-8-6-4-2/h40-41,44-45H,3-39H2,1-2H3,(H,43,46). The molecule has 0 aliphatic carbocycles. The second-order valence-electron chi connectivity index (χ2n) is 14.8. The van der Waals surface area contributed by atoms with Crippen LogP contribution in [-0.2, 0) is 4.79 Å². The summed E-state index contributed by atoms with van der Waals surface area (Å²) in [7, 11) is 0. The molecule has 0 bridgehead atoms. The molecule has 4 nitrogen and oxygen atoms in total. The van der Waals surface area contributed by atoms with Gasteiger partial charge < -0.3 is 15.5 Å². The summed E-state index contributed by atoms with van der Waals surface area (Å²) in [5.41, 5.74) is 0. The highest BCUT2D eigenvalue weighted by Crippen LogP contribution is 2.16. The van der Waals surface area contributed by atoms with Crippen LogP contribution in [0.1, 0.15) is 245 Å². The van der Waals surface area contributed by atoms with Crippen LogP contribution in [0.15, 0.2) is 0 Å². The Labute approximate surface area is 289 Å². The molecule has 0 radical (unpaired) electrons. The summed E-state index contributed by atoms with van der Waals surface area (Å²) in [5.74, 6) is -0.0263. The minimum absolute atomic E-state index is 0.0263. The lowest BCUT2D eigenvalue weighted by molar-refractivity contribution is -0.123. The molecule has 276 valence electrons. The molecular weight excluding hydrogens is 566 g/mol. The minimum Gasteiger partial charge on any atom is -0.394 e. The predicted octanol–water partition coefficient (Wildman–Crippen LogP) is 12.9. The predicted molar refractivity (Wildman–Crippen MR) is 203 cm³/mol. The highest BCUT2D eigenvalue weighted by Gasteiger charge is 2.20. The van der Waals surface area contributed by atoms with Crippen LogP contribution in [0.3, 0.4) is 0 Å². The van der Waals surface area contributed by atoms with Gasteiger partial charge in [0.25, 0.3) is 0 Å². The van der Waals surface area contributed by atoms with Gasteiger partial charge >= 0.3 is 0 Å². The van der Waals surface area contributed by atoms with Gasteiger partial charge in [0.1, 0.15) is 0 Å². The maximum Gasteiger partial charge on any atom is 0.220 e. The molecule has 0 rings (SSSR count). The van der Waals surface area contributed by atoms with Gasteiger partial charge in [-0.15, -0.1) is 0 Å². The Morgan fingerprint density at radius 3 is 0.978 bits per heavy atom. The van der Waals surface area contributed by atoms with E-state index < -0.39 is 12.1 Å². The molecule has 0 aliphatic heterocycles. The first kappa shape index (κ1) is 45.4.